The van der Waals surface area contributed by atoms with Crippen molar-refractivity contribution in [1.82, 2.24) is 14.9 Å². The van der Waals surface area contributed by atoms with Crippen LogP contribution in [0.4, 0.5) is 10.3 Å². The van der Waals surface area contributed by atoms with Crippen LogP contribution in [0.15, 0.2) is 54.7 Å². The van der Waals surface area contributed by atoms with Crippen LogP contribution < -0.4 is 4.90 Å². The maximum absolute atomic E-state index is 13.0. The first-order chi connectivity index (χ1) is 17.5. The van der Waals surface area contributed by atoms with Crippen LogP contribution in [0.2, 0.25) is 5.02 Å². The van der Waals surface area contributed by atoms with Gasteiger partial charge in [0.05, 0.1) is 16.8 Å². The summed E-state index contributed by atoms with van der Waals surface area (Å²) in [4.78, 5) is 38.4. The molecular weight excluding hydrogens is 483 g/mol. The quantitative estimate of drug-likeness (QED) is 0.463. The van der Waals surface area contributed by atoms with Gasteiger partial charge in [-0.15, -0.1) is 0 Å². The van der Waals surface area contributed by atoms with E-state index in [1.807, 2.05) is 24.3 Å². The highest BCUT2D eigenvalue weighted by atomic mass is 35.5. The zero-order valence-corrected chi connectivity index (χ0v) is 20.5. The number of Topliss-reactive ketones (excluding diaryl/α,β-unsaturated/α-hetero) is 1. The first-order valence-electron chi connectivity index (χ1n) is 12.0. The van der Waals surface area contributed by atoms with Crippen molar-refractivity contribution in [3.05, 3.63) is 88.0 Å². The van der Waals surface area contributed by atoms with Crippen molar-refractivity contribution in [3.8, 4) is 0 Å². The zero-order chi connectivity index (χ0) is 25.1. The predicted molar refractivity (Wildman–Crippen MR) is 134 cm³/mol. The molecule has 1 aromatic heterocycles. The van der Waals surface area contributed by atoms with Crippen LogP contribution in [-0.2, 0) is 11.2 Å². The normalized spacial score (nSPS) is 18.1. The Balaban J connectivity index is 1.15. The summed E-state index contributed by atoms with van der Waals surface area (Å²) in [5.41, 5.74) is 2.78. The number of carbonyl (C=O) groups is 2. The summed E-state index contributed by atoms with van der Waals surface area (Å²) in [6, 6.07) is 13.0. The largest absolute Gasteiger partial charge is 0.461 e. The molecule has 0 unspecified atom stereocenters. The molecule has 1 saturated heterocycles. The molecule has 0 amide bonds. The molecule has 1 aliphatic heterocycles. The van der Waals surface area contributed by atoms with Gasteiger partial charge in [0, 0.05) is 50.4 Å². The van der Waals surface area contributed by atoms with Gasteiger partial charge < -0.3 is 9.64 Å². The van der Waals surface area contributed by atoms with Crippen molar-refractivity contribution in [1.29, 1.82) is 0 Å². The van der Waals surface area contributed by atoms with E-state index in [4.69, 9.17) is 21.3 Å². The lowest BCUT2D eigenvalue weighted by Gasteiger charge is -2.35. The van der Waals surface area contributed by atoms with Crippen LogP contribution in [0.3, 0.4) is 0 Å². The Morgan fingerprint density at radius 1 is 1.08 bits per heavy atom. The van der Waals surface area contributed by atoms with E-state index >= 15 is 0 Å². The Kier molecular flexibility index (Phi) is 7.25. The number of rotatable bonds is 6. The van der Waals surface area contributed by atoms with Gasteiger partial charge in [-0.1, -0.05) is 23.7 Å². The molecule has 2 heterocycles. The minimum Gasteiger partial charge on any atom is -0.461 e. The van der Waals surface area contributed by atoms with Gasteiger partial charge in [0.15, 0.2) is 5.78 Å². The number of hydrogen-bond donors (Lipinski definition) is 0. The smallest absolute Gasteiger partial charge is 0.338 e. The minimum absolute atomic E-state index is 0.0564. The van der Waals surface area contributed by atoms with Crippen molar-refractivity contribution in [2.45, 2.75) is 18.8 Å². The van der Waals surface area contributed by atoms with E-state index in [0.29, 0.717) is 41.5 Å². The van der Waals surface area contributed by atoms with Crippen LogP contribution in [-0.4, -0.2) is 66.0 Å². The van der Waals surface area contributed by atoms with Gasteiger partial charge in [0.25, 0.3) is 0 Å². The number of ketones is 1. The van der Waals surface area contributed by atoms with Gasteiger partial charge >= 0.3 is 5.97 Å². The summed E-state index contributed by atoms with van der Waals surface area (Å²) in [5.74, 6) is -0.0917. The second kappa shape index (κ2) is 10.7. The van der Waals surface area contributed by atoms with Crippen LogP contribution in [0.1, 0.15) is 44.3 Å². The molecule has 0 bridgehead atoms. The fourth-order valence-electron chi connectivity index (χ4n) is 4.69. The topological polar surface area (TPSA) is 75.6 Å². The number of halogens is 2. The predicted octanol–water partition coefficient (Wildman–Crippen LogP) is 4.16. The van der Waals surface area contributed by atoms with Gasteiger partial charge in [-0.2, -0.15) is 0 Å². The molecule has 2 aliphatic rings. The standard InChI is InChI=1S/C27H26ClFN4O3/c28-21-3-1-2-19(14-21)20-15-24-23(25(34)16-20)17-30-27(31-24)33-10-8-32(9-11-33)12-13-36-26(35)18-4-6-22(29)7-5-18/h1-7,14,17,20H,8-13,15-16H2/t20-/m0/s1. The molecule has 0 N–H and O–H groups in total. The summed E-state index contributed by atoms with van der Waals surface area (Å²) in [6.07, 6.45) is 2.77. The number of anilines is 1. The Bertz CT molecular complexity index is 1260. The molecule has 1 aliphatic carbocycles. The molecule has 5 rings (SSSR count). The van der Waals surface area contributed by atoms with Gasteiger partial charge in [0.2, 0.25) is 5.95 Å². The fourth-order valence-corrected chi connectivity index (χ4v) is 4.89. The van der Waals surface area contributed by atoms with Crippen molar-refractivity contribution in [2.75, 3.05) is 44.2 Å². The highest BCUT2D eigenvalue weighted by Crippen LogP contribution is 2.33. The first-order valence-corrected chi connectivity index (χ1v) is 12.4. The maximum Gasteiger partial charge on any atom is 0.338 e. The zero-order valence-electron chi connectivity index (χ0n) is 19.7. The third kappa shape index (κ3) is 5.55. The van der Waals surface area contributed by atoms with Crippen molar-refractivity contribution >= 4 is 29.3 Å². The van der Waals surface area contributed by atoms with Crippen LogP contribution in [0, 0.1) is 5.82 Å². The molecule has 0 spiro atoms. The molecule has 7 nitrogen and oxygen atoms in total. The highest BCUT2D eigenvalue weighted by Gasteiger charge is 2.29. The number of nitrogens with zero attached hydrogens (tertiary/aromatic N) is 4. The van der Waals surface area contributed by atoms with Crippen LogP contribution in [0.5, 0.6) is 0 Å². The third-order valence-electron chi connectivity index (χ3n) is 6.72. The van der Waals surface area contributed by atoms with Crippen LogP contribution >= 0.6 is 11.6 Å². The second-order valence-electron chi connectivity index (χ2n) is 9.09. The summed E-state index contributed by atoms with van der Waals surface area (Å²) in [6.45, 7) is 3.89. The molecular formula is C27H26ClFN4O3. The molecule has 36 heavy (non-hydrogen) atoms. The van der Waals surface area contributed by atoms with E-state index in [2.05, 4.69) is 14.8 Å². The van der Waals surface area contributed by atoms with Crippen LogP contribution in [0.25, 0.3) is 0 Å². The molecule has 3 aromatic rings. The lowest BCUT2D eigenvalue weighted by molar-refractivity contribution is 0.0459. The Labute approximate surface area is 213 Å². The SMILES string of the molecule is O=C(OCCN1CCN(c2ncc3c(n2)C[C@H](c2cccc(Cl)c2)CC3=O)CC1)c1ccc(F)cc1. The third-order valence-corrected chi connectivity index (χ3v) is 6.96. The van der Waals surface area contributed by atoms with Gasteiger partial charge in [-0.05, 0) is 54.3 Å². The average Bonchev–Trinajstić information content (AvgIpc) is 2.89. The van der Waals surface area contributed by atoms with E-state index in [1.165, 1.54) is 24.3 Å². The van der Waals surface area contributed by atoms with Gasteiger partial charge in [-0.25, -0.2) is 19.2 Å². The molecule has 1 fully saturated rings. The molecule has 1 atom stereocenters. The van der Waals surface area contributed by atoms with Crippen molar-refractivity contribution in [2.24, 2.45) is 0 Å². The van der Waals surface area contributed by atoms with E-state index in [1.54, 1.807) is 6.20 Å². The lowest BCUT2D eigenvalue weighted by atomic mass is 9.82. The first kappa shape index (κ1) is 24.3. The van der Waals surface area contributed by atoms with E-state index in [-0.39, 0.29) is 24.1 Å². The second-order valence-corrected chi connectivity index (χ2v) is 9.52. The van der Waals surface area contributed by atoms with E-state index in [0.717, 1.165) is 37.4 Å². The monoisotopic (exact) mass is 508 g/mol. The molecule has 9 heteroatoms. The molecule has 2 aromatic carbocycles. The summed E-state index contributed by atoms with van der Waals surface area (Å²) < 4.78 is 18.3. The fraction of sp³-hybridized carbons (Fsp3) is 0.333. The van der Waals surface area contributed by atoms with Crippen molar-refractivity contribution < 1.29 is 18.7 Å². The van der Waals surface area contributed by atoms with Gasteiger partial charge in [-0.3, -0.25) is 9.69 Å². The number of ether oxygens (including phenoxy) is 1. The average molecular weight is 509 g/mol. The number of benzene rings is 2. The number of aromatic nitrogens is 2. The Hall–Kier alpha value is -3.36. The van der Waals surface area contributed by atoms with Gasteiger partial charge in [0.1, 0.15) is 12.4 Å². The van der Waals surface area contributed by atoms with E-state index in [9.17, 15) is 14.0 Å². The maximum atomic E-state index is 13.0. The minimum atomic E-state index is -0.457. The highest BCUT2D eigenvalue weighted by molar-refractivity contribution is 6.30. The van der Waals surface area contributed by atoms with E-state index < -0.39 is 5.97 Å². The number of piperazine rings is 1. The molecule has 186 valence electrons. The number of hydrogen-bond acceptors (Lipinski definition) is 7. The lowest BCUT2D eigenvalue weighted by Crippen LogP contribution is -2.48. The summed E-state index contributed by atoms with van der Waals surface area (Å²) >= 11 is 6.16. The summed E-state index contributed by atoms with van der Waals surface area (Å²) in [7, 11) is 0. The molecule has 0 saturated carbocycles. The van der Waals surface area contributed by atoms with Crippen molar-refractivity contribution in [3.63, 3.8) is 0 Å². The number of esters is 1. The Morgan fingerprint density at radius 3 is 2.61 bits per heavy atom. The summed E-state index contributed by atoms with van der Waals surface area (Å²) in [5, 5.41) is 0.664. The Morgan fingerprint density at radius 2 is 1.86 bits per heavy atom. The number of fused-ring (bicyclic) bond motifs is 1. The number of carbonyl (C=O) groups excluding carboxylic acids is 2. The molecule has 0 radical (unpaired) electrons.